The molecule has 1 fully saturated rings. The van der Waals surface area contributed by atoms with E-state index in [2.05, 4.69) is 5.32 Å². The summed E-state index contributed by atoms with van der Waals surface area (Å²) in [6, 6.07) is 11.1. The quantitative estimate of drug-likeness (QED) is 0.519. The van der Waals surface area contributed by atoms with Gasteiger partial charge in [0.25, 0.3) is 5.91 Å². The van der Waals surface area contributed by atoms with Crippen molar-refractivity contribution in [1.29, 1.82) is 0 Å². The van der Waals surface area contributed by atoms with E-state index in [1.807, 2.05) is 0 Å². The van der Waals surface area contributed by atoms with E-state index in [1.54, 1.807) is 42.5 Å². The fourth-order valence-electron chi connectivity index (χ4n) is 4.32. The molecular formula is C25H28N2O6. The Hall–Kier alpha value is -3.68. The van der Waals surface area contributed by atoms with Gasteiger partial charge in [0.15, 0.2) is 17.3 Å². The van der Waals surface area contributed by atoms with E-state index in [0.29, 0.717) is 22.8 Å². The van der Waals surface area contributed by atoms with Gasteiger partial charge in [0.2, 0.25) is 5.91 Å². The summed E-state index contributed by atoms with van der Waals surface area (Å²) in [6.07, 6.45) is 6.93. The number of carbonyl (C=O) groups excluding carboxylic acids is 2. The van der Waals surface area contributed by atoms with E-state index >= 15 is 0 Å². The van der Waals surface area contributed by atoms with Gasteiger partial charge in [-0.15, -0.1) is 0 Å². The van der Waals surface area contributed by atoms with Crippen molar-refractivity contribution in [1.82, 2.24) is 10.2 Å². The van der Waals surface area contributed by atoms with Crippen molar-refractivity contribution in [3.63, 3.8) is 0 Å². The highest BCUT2D eigenvalue weighted by Gasteiger charge is 2.37. The number of methoxy groups -OCH3 is 2. The molecule has 0 radical (unpaired) electrons. The first kappa shape index (κ1) is 22.5. The van der Waals surface area contributed by atoms with Crippen LogP contribution in [0.1, 0.15) is 53.6 Å². The molecule has 0 unspecified atom stereocenters. The average molecular weight is 453 g/mol. The molecule has 0 aliphatic heterocycles. The van der Waals surface area contributed by atoms with E-state index in [4.69, 9.17) is 18.3 Å². The number of furan rings is 2. The second-order valence-corrected chi connectivity index (χ2v) is 7.96. The number of benzene rings is 1. The Morgan fingerprint density at radius 3 is 2.42 bits per heavy atom. The Morgan fingerprint density at radius 1 is 1.03 bits per heavy atom. The summed E-state index contributed by atoms with van der Waals surface area (Å²) in [6.45, 7) is 0.0651. The molecule has 3 aromatic rings. The molecule has 1 aliphatic carbocycles. The summed E-state index contributed by atoms with van der Waals surface area (Å²) in [5, 5.41) is 3.14. The summed E-state index contributed by atoms with van der Waals surface area (Å²) in [7, 11) is 3.04. The SMILES string of the molecule is COc1cccc([C@H](C(=O)NC2CCCC2)N(Cc2ccco2)C(=O)c2ccco2)c1OC. The minimum Gasteiger partial charge on any atom is -0.493 e. The molecule has 1 N–H and O–H groups in total. The molecule has 1 aliphatic rings. The van der Waals surface area contributed by atoms with Crippen LogP contribution in [0.3, 0.4) is 0 Å². The topological polar surface area (TPSA) is 94.2 Å². The van der Waals surface area contributed by atoms with E-state index in [-0.39, 0.29) is 24.3 Å². The molecule has 0 spiro atoms. The lowest BCUT2D eigenvalue weighted by Crippen LogP contribution is -2.46. The van der Waals surface area contributed by atoms with Gasteiger partial charge in [0.1, 0.15) is 11.8 Å². The van der Waals surface area contributed by atoms with Gasteiger partial charge < -0.3 is 28.5 Å². The summed E-state index contributed by atoms with van der Waals surface area (Å²) >= 11 is 0. The van der Waals surface area contributed by atoms with Crippen LogP contribution in [0.2, 0.25) is 0 Å². The standard InChI is InChI=1S/C25H28N2O6/c1-30-20-12-5-11-19(23(20)31-2)22(24(28)26-17-8-3-4-9-17)27(16-18-10-6-14-32-18)25(29)21-13-7-15-33-21/h5-7,10-15,17,22H,3-4,8-9,16H2,1-2H3,(H,26,28)/t22-/m1/s1. The molecule has 1 aromatic carbocycles. The van der Waals surface area contributed by atoms with Gasteiger partial charge in [-0.3, -0.25) is 9.59 Å². The van der Waals surface area contributed by atoms with Crippen LogP contribution in [-0.2, 0) is 11.3 Å². The van der Waals surface area contributed by atoms with Crippen molar-refractivity contribution >= 4 is 11.8 Å². The molecule has 1 atom stereocenters. The summed E-state index contributed by atoms with van der Waals surface area (Å²) in [5.74, 6) is 0.797. The zero-order chi connectivity index (χ0) is 23.2. The zero-order valence-corrected chi connectivity index (χ0v) is 18.8. The monoisotopic (exact) mass is 452 g/mol. The van der Waals surface area contributed by atoms with Crippen LogP contribution >= 0.6 is 0 Å². The first-order valence-corrected chi connectivity index (χ1v) is 11.0. The van der Waals surface area contributed by atoms with Crippen LogP contribution in [0.4, 0.5) is 0 Å². The zero-order valence-electron chi connectivity index (χ0n) is 18.8. The molecule has 2 aromatic heterocycles. The maximum atomic E-state index is 13.7. The van der Waals surface area contributed by atoms with Crippen molar-refractivity contribution in [2.45, 2.75) is 44.3 Å². The number of ether oxygens (including phenoxy) is 2. The predicted octanol–water partition coefficient (Wildman–Crippen LogP) is 4.33. The van der Waals surface area contributed by atoms with Gasteiger partial charge in [-0.1, -0.05) is 25.0 Å². The van der Waals surface area contributed by atoms with Crippen molar-refractivity contribution in [3.8, 4) is 11.5 Å². The number of hydrogen-bond donors (Lipinski definition) is 1. The number of nitrogens with zero attached hydrogens (tertiary/aromatic N) is 1. The molecular weight excluding hydrogens is 424 g/mol. The minimum absolute atomic E-state index is 0.0651. The van der Waals surface area contributed by atoms with E-state index in [0.717, 1.165) is 25.7 Å². The smallest absolute Gasteiger partial charge is 0.290 e. The molecule has 8 nitrogen and oxygen atoms in total. The lowest BCUT2D eigenvalue weighted by atomic mass is 10.0. The fourth-order valence-corrected chi connectivity index (χ4v) is 4.32. The third kappa shape index (κ3) is 4.89. The van der Waals surface area contributed by atoms with Crippen molar-refractivity contribution < 1.29 is 27.9 Å². The molecule has 4 rings (SSSR count). The van der Waals surface area contributed by atoms with Crippen molar-refractivity contribution in [3.05, 3.63) is 72.1 Å². The lowest BCUT2D eigenvalue weighted by molar-refractivity contribution is -0.127. The summed E-state index contributed by atoms with van der Waals surface area (Å²) < 4.78 is 22.0. The third-order valence-electron chi connectivity index (χ3n) is 5.89. The normalized spacial score (nSPS) is 14.6. The summed E-state index contributed by atoms with van der Waals surface area (Å²) in [4.78, 5) is 28.8. The maximum absolute atomic E-state index is 13.7. The number of carbonyl (C=O) groups is 2. The fraction of sp³-hybridized carbons (Fsp3) is 0.360. The predicted molar refractivity (Wildman–Crippen MR) is 120 cm³/mol. The Bertz CT molecular complexity index is 1050. The highest BCUT2D eigenvalue weighted by Crippen LogP contribution is 2.38. The highest BCUT2D eigenvalue weighted by atomic mass is 16.5. The number of nitrogens with one attached hydrogen (secondary N) is 1. The van der Waals surface area contributed by atoms with E-state index in [1.165, 1.54) is 31.6 Å². The molecule has 2 heterocycles. The van der Waals surface area contributed by atoms with Crippen LogP contribution in [0.15, 0.2) is 63.8 Å². The molecule has 8 heteroatoms. The van der Waals surface area contributed by atoms with Gasteiger partial charge in [-0.2, -0.15) is 0 Å². The third-order valence-corrected chi connectivity index (χ3v) is 5.89. The number of hydrogen-bond acceptors (Lipinski definition) is 6. The van der Waals surface area contributed by atoms with E-state index in [9.17, 15) is 9.59 Å². The Balaban J connectivity index is 1.80. The Labute approximate surface area is 192 Å². The molecule has 0 saturated heterocycles. The van der Waals surface area contributed by atoms with Crippen molar-refractivity contribution in [2.24, 2.45) is 0 Å². The van der Waals surface area contributed by atoms with Crippen molar-refractivity contribution in [2.75, 3.05) is 14.2 Å². The van der Waals surface area contributed by atoms with Gasteiger partial charge in [-0.25, -0.2) is 0 Å². The van der Waals surface area contributed by atoms with Gasteiger partial charge >= 0.3 is 0 Å². The minimum atomic E-state index is -1.00. The second kappa shape index (κ2) is 10.3. The average Bonchev–Trinajstić information content (AvgIpc) is 3.62. The molecule has 174 valence electrons. The van der Waals surface area contributed by atoms with Crippen LogP contribution in [0, 0.1) is 0 Å². The number of amides is 2. The van der Waals surface area contributed by atoms with Crippen LogP contribution in [-0.4, -0.2) is 37.0 Å². The van der Waals surface area contributed by atoms with Gasteiger partial charge in [-0.05, 0) is 43.2 Å². The van der Waals surface area contributed by atoms with Gasteiger partial charge in [0.05, 0.1) is 33.3 Å². The lowest BCUT2D eigenvalue weighted by Gasteiger charge is -2.32. The Kier molecular flexibility index (Phi) is 7.02. The highest BCUT2D eigenvalue weighted by molar-refractivity contribution is 5.96. The number of rotatable bonds is 9. The first-order chi connectivity index (χ1) is 16.1. The number of para-hydroxylation sites is 1. The molecule has 33 heavy (non-hydrogen) atoms. The maximum Gasteiger partial charge on any atom is 0.290 e. The second-order valence-electron chi connectivity index (χ2n) is 7.96. The van der Waals surface area contributed by atoms with E-state index < -0.39 is 11.9 Å². The van der Waals surface area contributed by atoms with Crippen LogP contribution in [0.25, 0.3) is 0 Å². The van der Waals surface area contributed by atoms with Gasteiger partial charge in [0, 0.05) is 11.6 Å². The van der Waals surface area contributed by atoms with Crippen LogP contribution < -0.4 is 14.8 Å². The first-order valence-electron chi connectivity index (χ1n) is 11.0. The Morgan fingerprint density at radius 2 is 1.79 bits per heavy atom. The summed E-state index contributed by atoms with van der Waals surface area (Å²) in [5.41, 5.74) is 0.513. The molecule has 1 saturated carbocycles. The largest absolute Gasteiger partial charge is 0.493 e. The molecule has 2 amide bonds. The van der Waals surface area contributed by atoms with Crippen LogP contribution in [0.5, 0.6) is 11.5 Å². The molecule has 0 bridgehead atoms.